The molecule has 1 unspecified atom stereocenters. The fourth-order valence-corrected chi connectivity index (χ4v) is 4.18. The number of amides is 1. The van der Waals surface area contributed by atoms with Crippen LogP contribution in [0.5, 0.6) is 0 Å². The van der Waals surface area contributed by atoms with E-state index >= 15 is 0 Å². The predicted molar refractivity (Wildman–Crippen MR) is 153 cm³/mol. The summed E-state index contributed by atoms with van der Waals surface area (Å²) in [4.78, 5) is 12.5. The van der Waals surface area contributed by atoms with Gasteiger partial charge in [0.25, 0.3) is 0 Å². The van der Waals surface area contributed by atoms with Crippen molar-refractivity contribution < 1.29 is 22.5 Å². The van der Waals surface area contributed by atoms with Crippen molar-refractivity contribution in [3.8, 4) is 0 Å². The first-order valence-corrected chi connectivity index (χ1v) is 14.4. The van der Waals surface area contributed by atoms with E-state index in [4.69, 9.17) is 16.1 Å². The van der Waals surface area contributed by atoms with Gasteiger partial charge in [-0.05, 0) is 75.7 Å². The SMILES string of the molecule is CCC(C)CCNc1cc(C2CCN(C=O)CC2)no1.CCCNCCC.Cc1ccc(C(F)(F)F)c(Cl)c1. The number of alkyl halides is 3. The Labute approximate surface area is 237 Å². The van der Waals surface area contributed by atoms with E-state index in [0.717, 1.165) is 68.9 Å². The number of aryl methyl sites for hydroxylation is 1. The number of nitrogens with one attached hydrogen (secondary N) is 2. The van der Waals surface area contributed by atoms with Crippen molar-refractivity contribution in [2.24, 2.45) is 5.92 Å². The lowest BCUT2D eigenvalue weighted by Crippen LogP contribution is -2.31. The van der Waals surface area contributed by atoms with E-state index in [9.17, 15) is 18.0 Å². The van der Waals surface area contributed by atoms with Gasteiger partial charge in [-0.1, -0.05) is 56.9 Å². The van der Waals surface area contributed by atoms with Crippen molar-refractivity contribution in [2.45, 2.75) is 85.2 Å². The second-order valence-electron chi connectivity index (χ2n) is 9.99. The highest BCUT2D eigenvalue weighted by Crippen LogP contribution is 2.34. The molecule has 1 fully saturated rings. The number of rotatable bonds is 11. The highest BCUT2D eigenvalue weighted by atomic mass is 35.5. The Bertz CT molecular complexity index is 927. The summed E-state index contributed by atoms with van der Waals surface area (Å²) in [6.45, 7) is 15.4. The van der Waals surface area contributed by atoms with E-state index in [1.165, 1.54) is 44.5 Å². The van der Waals surface area contributed by atoms with Crippen LogP contribution in [0, 0.1) is 12.8 Å². The van der Waals surface area contributed by atoms with Crippen molar-refractivity contribution in [2.75, 3.05) is 38.0 Å². The Morgan fingerprint density at radius 1 is 1.13 bits per heavy atom. The molecule has 3 rings (SSSR count). The zero-order valence-electron chi connectivity index (χ0n) is 24.0. The number of carbonyl (C=O) groups excluding carboxylic acids is 1. The number of carbonyl (C=O) groups is 1. The van der Waals surface area contributed by atoms with Crippen LogP contribution in [0.25, 0.3) is 0 Å². The fourth-order valence-electron chi connectivity index (χ4n) is 3.84. The number of likely N-dealkylation sites (tertiary alicyclic amines) is 1. The van der Waals surface area contributed by atoms with Crippen LogP contribution in [0.15, 0.2) is 28.8 Å². The molecular formula is C29H46ClF3N4O2. The number of piperidine rings is 1. The summed E-state index contributed by atoms with van der Waals surface area (Å²) in [5.41, 5.74) is 0.948. The summed E-state index contributed by atoms with van der Waals surface area (Å²) in [5, 5.41) is 10.5. The van der Waals surface area contributed by atoms with E-state index in [1.54, 1.807) is 6.92 Å². The van der Waals surface area contributed by atoms with Crippen LogP contribution in [0.3, 0.4) is 0 Å². The van der Waals surface area contributed by atoms with E-state index in [0.29, 0.717) is 11.5 Å². The molecule has 1 aliphatic rings. The minimum atomic E-state index is -4.36. The number of hydrogen-bond acceptors (Lipinski definition) is 5. The summed E-state index contributed by atoms with van der Waals surface area (Å²) < 4.78 is 41.6. The zero-order chi connectivity index (χ0) is 29.3. The molecule has 0 aliphatic carbocycles. The third-order valence-electron chi connectivity index (χ3n) is 6.54. The van der Waals surface area contributed by atoms with Gasteiger partial charge in [-0.15, -0.1) is 0 Å². The van der Waals surface area contributed by atoms with E-state index < -0.39 is 11.7 Å². The number of halogens is 4. The quantitative estimate of drug-likeness (QED) is 0.211. The van der Waals surface area contributed by atoms with Gasteiger partial charge in [-0.3, -0.25) is 4.79 Å². The van der Waals surface area contributed by atoms with Crippen molar-refractivity contribution in [3.63, 3.8) is 0 Å². The maximum Gasteiger partial charge on any atom is 0.417 e. The minimum absolute atomic E-state index is 0.248. The molecule has 0 radical (unpaired) electrons. The average molecular weight is 575 g/mol. The van der Waals surface area contributed by atoms with Crippen molar-refractivity contribution in [1.29, 1.82) is 0 Å². The van der Waals surface area contributed by atoms with Gasteiger partial charge in [0, 0.05) is 31.6 Å². The van der Waals surface area contributed by atoms with Crippen LogP contribution in [0.2, 0.25) is 5.02 Å². The molecule has 0 spiro atoms. The molecule has 10 heteroatoms. The molecule has 1 aromatic carbocycles. The second kappa shape index (κ2) is 18.9. The Hall–Kier alpha value is -2.26. The minimum Gasteiger partial charge on any atom is -0.354 e. The molecule has 1 aliphatic heterocycles. The van der Waals surface area contributed by atoms with Crippen LogP contribution in [-0.2, 0) is 11.0 Å². The van der Waals surface area contributed by atoms with Gasteiger partial charge in [0.15, 0.2) is 0 Å². The summed E-state index contributed by atoms with van der Waals surface area (Å²) >= 11 is 5.39. The molecule has 1 atom stereocenters. The lowest BCUT2D eigenvalue weighted by atomic mass is 9.94. The van der Waals surface area contributed by atoms with Crippen molar-refractivity contribution in [1.82, 2.24) is 15.4 Å². The third-order valence-corrected chi connectivity index (χ3v) is 6.85. The van der Waals surface area contributed by atoms with Gasteiger partial charge >= 0.3 is 6.18 Å². The number of nitrogens with zero attached hydrogens (tertiary/aromatic N) is 2. The summed E-state index contributed by atoms with van der Waals surface area (Å²) in [5.74, 6) is 1.92. The van der Waals surface area contributed by atoms with E-state index in [-0.39, 0.29) is 5.02 Å². The van der Waals surface area contributed by atoms with E-state index in [1.807, 2.05) is 11.0 Å². The summed E-state index contributed by atoms with van der Waals surface area (Å²) in [7, 11) is 0. The van der Waals surface area contributed by atoms with Gasteiger partial charge in [0.05, 0.1) is 16.3 Å². The van der Waals surface area contributed by atoms with Gasteiger partial charge < -0.3 is 20.1 Å². The molecule has 0 saturated carbocycles. The number of aromatic nitrogens is 1. The predicted octanol–water partition coefficient (Wildman–Crippen LogP) is 7.92. The lowest BCUT2D eigenvalue weighted by Gasteiger charge is -2.27. The molecule has 39 heavy (non-hydrogen) atoms. The monoisotopic (exact) mass is 574 g/mol. The Kier molecular flexibility index (Phi) is 16.9. The molecule has 2 N–H and O–H groups in total. The fraction of sp³-hybridized carbons (Fsp3) is 0.655. The normalized spacial score (nSPS) is 14.5. The number of anilines is 1. The number of benzene rings is 1. The Morgan fingerprint density at radius 2 is 1.77 bits per heavy atom. The number of hydrogen-bond donors (Lipinski definition) is 2. The Balaban J connectivity index is 0.000000339. The molecule has 2 aromatic rings. The lowest BCUT2D eigenvalue weighted by molar-refractivity contribution is -0.137. The standard InChI is InChI=1S/C15H25N3O2.C8H6ClF3.C6H15N/c1-3-12(2)4-7-16-15-10-14(17-20-15)13-5-8-18(11-19)9-6-13;1-5-2-3-6(7(9)4-5)8(10,11)12;1-3-5-7-6-4-2/h10-13,16H,3-9H2,1-2H3;2-4H,1H3;7H,3-6H2,1-2H3. The maximum atomic E-state index is 12.1. The molecule has 1 aromatic heterocycles. The summed E-state index contributed by atoms with van der Waals surface area (Å²) in [6, 6.07) is 5.68. The van der Waals surface area contributed by atoms with Crippen LogP contribution < -0.4 is 10.6 Å². The molecule has 6 nitrogen and oxygen atoms in total. The van der Waals surface area contributed by atoms with E-state index in [2.05, 4.69) is 43.5 Å². The van der Waals surface area contributed by atoms with Crippen LogP contribution >= 0.6 is 11.6 Å². The summed E-state index contributed by atoms with van der Waals surface area (Å²) in [6.07, 6.45) is 3.36. The first kappa shape index (κ1) is 34.8. The van der Waals surface area contributed by atoms with Crippen LogP contribution in [0.4, 0.5) is 19.1 Å². The van der Waals surface area contributed by atoms with Crippen molar-refractivity contribution in [3.05, 3.63) is 46.1 Å². The molecule has 222 valence electrons. The Morgan fingerprint density at radius 3 is 2.28 bits per heavy atom. The van der Waals surface area contributed by atoms with Gasteiger partial charge in [0.1, 0.15) is 0 Å². The van der Waals surface area contributed by atoms with Gasteiger partial charge in [-0.25, -0.2) is 0 Å². The second-order valence-corrected chi connectivity index (χ2v) is 10.4. The maximum absolute atomic E-state index is 12.1. The van der Waals surface area contributed by atoms with Crippen LogP contribution in [0.1, 0.15) is 89.0 Å². The smallest absolute Gasteiger partial charge is 0.354 e. The highest BCUT2D eigenvalue weighted by Gasteiger charge is 2.32. The first-order valence-electron chi connectivity index (χ1n) is 14.0. The first-order chi connectivity index (χ1) is 18.5. The van der Waals surface area contributed by atoms with Gasteiger partial charge in [-0.2, -0.15) is 13.2 Å². The third kappa shape index (κ3) is 14.1. The molecule has 1 amide bonds. The zero-order valence-corrected chi connectivity index (χ0v) is 24.8. The van der Waals surface area contributed by atoms with Gasteiger partial charge in [0.2, 0.25) is 12.3 Å². The molecular weight excluding hydrogens is 529 g/mol. The van der Waals surface area contributed by atoms with Crippen LogP contribution in [-0.4, -0.2) is 49.2 Å². The largest absolute Gasteiger partial charge is 0.417 e. The topological polar surface area (TPSA) is 70.4 Å². The molecule has 2 heterocycles. The average Bonchev–Trinajstić information content (AvgIpc) is 3.38. The molecule has 1 saturated heterocycles. The highest BCUT2D eigenvalue weighted by molar-refractivity contribution is 6.31. The molecule has 0 bridgehead atoms. The van der Waals surface area contributed by atoms with Crippen molar-refractivity contribution >= 4 is 23.9 Å².